The fraction of sp³-hybridized carbons (Fsp3) is 0.450. The summed E-state index contributed by atoms with van der Waals surface area (Å²) in [7, 11) is 0. The molecule has 146 valence electrons. The van der Waals surface area contributed by atoms with Crippen LogP contribution < -0.4 is 10.1 Å². The number of amides is 1. The second-order valence-electron chi connectivity index (χ2n) is 6.73. The number of hydrogen-bond acceptors (Lipinski definition) is 6. The van der Waals surface area contributed by atoms with Crippen molar-refractivity contribution in [2.24, 2.45) is 5.92 Å². The normalized spacial score (nSPS) is 10.7. The topological polar surface area (TPSA) is 90.7 Å². The number of carbonyl (C=O) groups is 2. The summed E-state index contributed by atoms with van der Waals surface area (Å²) >= 11 is 0. The zero-order valence-corrected chi connectivity index (χ0v) is 16.2. The molecule has 0 saturated heterocycles. The van der Waals surface area contributed by atoms with Crippen LogP contribution in [0.4, 0.5) is 0 Å². The Morgan fingerprint density at radius 2 is 2.04 bits per heavy atom. The smallest absolute Gasteiger partial charge is 0.338 e. The minimum absolute atomic E-state index is 0.290. The van der Waals surface area contributed by atoms with Gasteiger partial charge >= 0.3 is 5.97 Å². The Bertz CT molecular complexity index is 763. The van der Waals surface area contributed by atoms with Gasteiger partial charge in [0.2, 0.25) is 0 Å². The van der Waals surface area contributed by atoms with Crippen LogP contribution in [0.15, 0.2) is 28.8 Å². The van der Waals surface area contributed by atoms with E-state index in [0.717, 1.165) is 17.7 Å². The first kappa shape index (κ1) is 20.5. The van der Waals surface area contributed by atoms with Crippen LogP contribution in [0.1, 0.15) is 47.6 Å². The molecular formula is C20H26N2O5. The first-order valence-corrected chi connectivity index (χ1v) is 8.95. The van der Waals surface area contributed by atoms with Gasteiger partial charge in [-0.3, -0.25) is 4.79 Å². The van der Waals surface area contributed by atoms with Crippen LogP contribution in [0.5, 0.6) is 5.75 Å². The maximum atomic E-state index is 12.1. The highest BCUT2D eigenvalue weighted by atomic mass is 16.5. The number of ether oxygens (including phenoxy) is 2. The summed E-state index contributed by atoms with van der Waals surface area (Å²) in [5.41, 5.74) is 1.97. The van der Waals surface area contributed by atoms with E-state index in [1.165, 1.54) is 0 Å². The first-order valence-electron chi connectivity index (χ1n) is 8.95. The van der Waals surface area contributed by atoms with E-state index < -0.39 is 5.97 Å². The molecule has 0 aliphatic rings. The molecule has 7 nitrogen and oxygen atoms in total. The Labute approximate surface area is 159 Å². The van der Waals surface area contributed by atoms with Gasteiger partial charge in [-0.25, -0.2) is 4.79 Å². The summed E-state index contributed by atoms with van der Waals surface area (Å²) in [4.78, 5) is 23.8. The number of hydrogen-bond donors (Lipinski definition) is 1. The Morgan fingerprint density at radius 3 is 2.70 bits per heavy atom. The molecule has 2 rings (SSSR count). The third kappa shape index (κ3) is 6.44. The summed E-state index contributed by atoms with van der Waals surface area (Å²) in [5.74, 6) is 0.838. The monoisotopic (exact) mass is 374 g/mol. The zero-order valence-electron chi connectivity index (χ0n) is 16.2. The van der Waals surface area contributed by atoms with Gasteiger partial charge in [0.05, 0.1) is 16.8 Å². The van der Waals surface area contributed by atoms with Gasteiger partial charge in [0.25, 0.3) is 5.91 Å². The second kappa shape index (κ2) is 9.75. The Morgan fingerprint density at radius 1 is 1.26 bits per heavy atom. The molecule has 2 aromatic rings. The summed E-state index contributed by atoms with van der Waals surface area (Å²) in [6.45, 7) is 8.37. The van der Waals surface area contributed by atoms with Crippen molar-refractivity contribution in [1.29, 1.82) is 0 Å². The Balaban J connectivity index is 1.85. The molecular weight excluding hydrogens is 348 g/mol. The summed E-state index contributed by atoms with van der Waals surface area (Å²) in [5, 5.41) is 6.60. The van der Waals surface area contributed by atoms with Gasteiger partial charge < -0.3 is 19.3 Å². The number of nitrogens with zero attached hydrogens (tertiary/aromatic N) is 1. The van der Waals surface area contributed by atoms with Crippen LogP contribution in [0.3, 0.4) is 0 Å². The molecule has 1 N–H and O–H groups in total. The van der Waals surface area contributed by atoms with Crippen LogP contribution in [-0.4, -0.2) is 30.2 Å². The summed E-state index contributed by atoms with van der Waals surface area (Å²) in [6.07, 6.45) is 0.879. The van der Waals surface area contributed by atoms with E-state index in [-0.39, 0.29) is 19.1 Å². The molecule has 1 aromatic carbocycles. The molecule has 27 heavy (non-hydrogen) atoms. The quantitative estimate of drug-likeness (QED) is 0.678. The fourth-order valence-corrected chi connectivity index (χ4v) is 2.34. The van der Waals surface area contributed by atoms with E-state index in [1.807, 2.05) is 13.8 Å². The highest BCUT2D eigenvalue weighted by Gasteiger charge is 2.13. The number of nitrogens with one attached hydrogen (secondary N) is 1. The van der Waals surface area contributed by atoms with Crippen LogP contribution in [-0.2, 0) is 16.1 Å². The van der Waals surface area contributed by atoms with Crippen molar-refractivity contribution < 1.29 is 23.6 Å². The van der Waals surface area contributed by atoms with Gasteiger partial charge in [0, 0.05) is 6.54 Å². The molecule has 0 aliphatic carbocycles. The van der Waals surface area contributed by atoms with E-state index in [1.54, 1.807) is 24.3 Å². The lowest BCUT2D eigenvalue weighted by atomic mass is 10.1. The highest BCUT2D eigenvalue weighted by molar-refractivity contribution is 5.91. The van der Waals surface area contributed by atoms with Gasteiger partial charge in [-0.05, 0) is 44.4 Å². The molecule has 0 spiro atoms. The minimum atomic E-state index is -0.572. The van der Waals surface area contributed by atoms with E-state index in [9.17, 15) is 9.59 Å². The average Bonchev–Trinajstić information content (AvgIpc) is 2.95. The third-order valence-corrected chi connectivity index (χ3v) is 4.01. The fourth-order valence-electron chi connectivity index (χ4n) is 2.34. The van der Waals surface area contributed by atoms with Crippen molar-refractivity contribution in [3.05, 3.63) is 46.8 Å². The van der Waals surface area contributed by atoms with Crippen molar-refractivity contribution in [1.82, 2.24) is 10.5 Å². The van der Waals surface area contributed by atoms with E-state index in [4.69, 9.17) is 14.0 Å². The lowest BCUT2D eigenvalue weighted by Crippen LogP contribution is -2.30. The van der Waals surface area contributed by atoms with Gasteiger partial charge in [-0.15, -0.1) is 0 Å². The molecule has 7 heteroatoms. The van der Waals surface area contributed by atoms with Crippen molar-refractivity contribution in [3.63, 3.8) is 0 Å². The maximum absolute atomic E-state index is 12.1. The molecule has 0 saturated carbocycles. The number of carbonyl (C=O) groups excluding carboxylic acids is 2. The Kier molecular flexibility index (Phi) is 7.40. The van der Waals surface area contributed by atoms with E-state index >= 15 is 0 Å². The third-order valence-electron chi connectivity index (χ3n) is 4.01. The number of aryl methyl sites for hydroxylation is 2. The van der Waals surface area contributed by atoms with Crippen molar-refractivity contribution >= 4 is 11.9 Å². The molecule has 0 aliphatic heterocycles. The summed E-state index contributed by atoms with van der Waals surface area (Å²) in [6, 6.07) is 6.63. The summed E-state index contributed by atoms with van der Waals surface area (Å²) < 4.78 is 15.9. The highest BCUT2D eigenvalue weighted by Crippen LogP contribution is 2.19. The molecule has 1 amide bonds. The SMILES string of the molecule is Cc1noc(C)c1COc1cccc(C(=O)OCC(=O)NCCC(C)C)c1. The van der Waals surface area contributed by atoms with Crippen LogP contribution in [0, 0.1) is 19.8 Å². The standard InChI is InChI=1S/C20H26N2O5/c1-13(2)8-9-21-19(23)12-26-20(24)16-6-5-7-17(10-16)25-11-18-14(3)22-27-15(18)4/h5-7,10,13H,8-9,11-12H2,1-4H3,(H,21,23). The molecule has 0 radical (unpaired) electrons. The van der Waals surface area contributed by atoms with Gasteiger partial charge in [0.1, 0.15) is 18.1 Å². The second-order valence-corrected chi connectivity index (χ2v) is 6.73. The molecule has 0 fully saturated rings. The van der Waals surface area contributed by atoms with Gasteiger partial charge in [0.15, 0.2) is 6.61 Å². The van der Waals surface area contributed by atoms with Gasteiger partial charge in [-0.1, -0.05) is 25.1 Å². The minimum Gasteiger partial charge on any atom is -0.489 e. The average molecular weight is 374 g/mol. The van der Waals surface area contributed by atoms with Crippen LogP contribution in [0.25, 0.3) is 0 Å². The van der Waals surface area contributed by atoms with Crippen molar-refractivity contribution in [2.45, 2.75) is 40.7 Å². The zero-order chi connectivity index (χ0) is 19.8. The van der Waals surface area contributed by atoms with Crippen LogP contribution >= 0.6 is 0 Å². The van der Waals surface area contributed by atoms with Crippen molar-refractivity contribution in [2.75, 3.05) is 13.2 Å². The predicted octanol–water partition coefficient (Wildman–Crippen LogP) is 3.19. The molecule has 0 unspecified atom stereocenters. The number of aromatic nitrogens is 1. The predicted molar refractivity (Wildman–Crippen MR) is 99.5 cm³/mol. The molecule has 1 aromatic heterocycles. The Hall–Kier alpha value is -2.83. The van der Waals surface area contributed by atoms with Crippen LogP contribution in [0.2, 0.25) is 0 Å². The molecule has 0 atom stereocenters. The lowest BCUT2D eigenvalue weighted by molar-refractivity contribution is -0.124. The number of esters is 1. The largest absolute Gasteiger partial charge is 0.489 e. The lowest BCUT2D eigenvalue weighted by Gasteiger charge is -2.09. The molecule has 0 bridgehead atoms. The maximum Gasteiger partial charge on any atom is 0.338 e. The molecule has 1 heterocycles. The van der Waals surface area contributed by atoms with Crippen molar-refractivity contribution in [3.8, 4) is 5.75 Å². The number of rotatable bonds is 9. The van der Waals surface area contributed by atoms with E-state index in [2.05, 4.69) is 24.3 Å². The first-order chi connectivity index (χ1) is 12.9. The van der Waals surface area contributed by atoms with Gasteiger partial charge in [-0.2, -0.15) is 0 Å². The number of benzene rings is 1. The van der Waals surface area contributed by atoms with E-state index in [0.29, 0.717) is 29.5 Å².